The third-order valence-electron chi connectivity index (χ3n) is 8.56. The summed E-state index contributed by atoms with van der Waals surface area (Å²) in [7, 11) is 0. The highest BCUT2D eigenvalue weighted by Gasteiger charge is 2.23. The molecule has 0 saturated heterocycles. The number of nitrogens with zero attached hydrogens (tertiary/aromatic N) is 2. The van der Waals surface area contributed by atoms with Crippen LogP contribution < -0.4 is 16.0 Å². The van der Waals surface area contributed by atoms with Crippen molar-refractivity contribution in [3.63, 3.8) is 0 Å². The molecule has 5 N–H and O–H groups in total. The second kappa shape index (κ2) is 16.3. The van der Waals surface area contributed by atoms with Gasteiger partial charge in [-0.2, -0.15) is 0 Å². The summed E-state index contributed by atoms with van der Waals surface area (Å²) in [4.78, 5) is 60.4. The largest absolute Gasteiger partial charge is 0.480 e. The molecule has 0 radical (unpaired) electrons. The van der Waals surface area contributed by atoms with Crippen LogP contribution in [0.3, 0.4) is 0 Å². The van der Waals surface area contributed by atoms with E-state index in [1.54, 1.807) is 53.4 Å². The van der Waals surface area contributed by atoms with Gasteiger partial charge in [0.15, 0.2) is 0 Å². The molecule has 5 aromatic carbocycles. The molecule has 0 aliphatic carbocycles. The lowest BCUT2D eigenvalue weighted by molar-refractivity contribution is -0.139. The number of carbonyl (C=O) groups is 4. The second-order valence-corrected chi connectivity index (χ2v) is 12.3. The van der Waals surface area contributed by atoms with Gasteiger partial charge in [-0.3, -0.25) is 4.79 Å². The van der Waals surface area contributed by atoms with Gasteiger partial charge in [0.1, 0.15) is 18.5 Å². The van der Waals surface area contributed by atoms with Crippen LogP contribution in [0.2, 0.25) is 0 Å². The third-order valence-corrected chi connectivity index (χ3v) is 8.56. The van der Waals surface area contributed by atoms with E-state index in [-0.39, 0.29) is 43.9 Å². The van der Waals surface area contributed by atoms with E-state index in [2.05, 4.69) is 25.9 Å². The van der Waals surface area contributed by atoms with Crippen molar-refractivity contribution in [2.45, 2.75) is 38.7 Å². The number of imidazole rings is 1. The van der Waals surface area contributed by atoms with E-state index in [0.717, 1.165) is 38.5 Å². The molecule has 52 heavy (non-hydrogen) atoms. The van der Waals surface area contributed by atoms with Crippen LogP contribution in [0.25, 0.3) is 21.8 Å². The molecule has 0 aliphatic rings. The first-order valence-electron chi connectivity index (χ1n) is 16.8. The van der Waals surface area contributed by atoms with Gasteiger partial charge < -0.3 is 35.7 Å². The monoisotopic (exact) mass is 698 g/mol. The number of hydrogen-bond donors (Lipinski definition) is 5. The van der Waals surface area contributed by atoms with Crippen molar-refractivity contribution in [1.29, 1.82) is 0 Å². The Balaban J connectivity index is 1.10. The fourth-order valence-corrected chi connectivity index (χ4v) is 5.83. The Morgan fingerprint density at radius 3 is 2.27 bits per heavy atom. The standard InChI is InChI=1S/C40H38N6O6/c1-26(31-15-9-13-29-12-5-6-14-32(29)31)42-39(50)46(24-36-43-33-16-7-8-17-34(33)44-36)23-27-18-20-30(21-19-27)37(47)41-22-35(38(48)49)45-40(51)52-25-28-10-3-2-4-11-28/h2-21,26,35H,22-25H2,1H3,(H,41,47)(H,42,50)(H,43,44)(H,45,51)(H,48,49)/t26?,35-/m0/s1. The zero-order chi connectivity index (χ0) is 36.5. The third kappa shape index (κ3) is 8.90. The number of carbonyl (C=O) groups excluding carboxylic acids is 3. The summed E-state index contributed by atoms with van der Waals surface area (Å²) < 4.78 is 5.11. The van der Waals surface area contributed by atoms with Gasteiger partial charge in [0, 0.05) is 18.7 Å². The summed E-state index contributed by atoms with van der Waals surface area (Å²) in [6, 6.07) is 35.3. The molecule has 6 aromatic rings. The Hall–Kier alpha value is -6.69. The van der Waals surface area contributed by atoms with E-state index in [0.29, 0.717) is 5.82 Å². The zero-order valence-corrected chi connectivity index (χ0v) is 28.4. The van der Waals surface area contributed by atoms with Crippen LogP contribution in [0.4, 0.5) is 9.59 Å². The number of amides is 4. The average Bonchev–Trinajstić information content (AvgIpc) is 3.58. The number of aromatic nitrogens is 2. The number of benzene rings is 5. The Morgan fingerprint density at radius 1 is 0.788 bits per heavy atom. The Kier molecular flexibility index (Phi) is 11.0. The van der Waals surface area contributed by atoms with Crippen LogP contribution in [-0.2, 0) is 29.2 Å². The molecular formula is C40H38N6O6. The molecule has 1 unspecified atom stereocenters. The number of carboxylic acids is 1. The summed E-state index contributed by atoms with van der Waals surface area (Å²) in [5.41, 5.74) is 4.43. The van der Waals surface area contributed by atoms with Gasteiger partial charge in [-0.05, 0) is 58.7 Å². The molecule has 0 aliphatic heterocycles. The Bertz CT molecular complexity index is 2150. The Labute approximate surface area is 299 Å². The van der Waals surface area contributed by atoms with Crippen LogP contribution in [0.1, 0.15) is 45.8 Å². The molecule has 6 rings (SSSR count). The molecule has 0 spiro atoms. The maximum atomic E-state index is 13.9. The smallest absolute Gasteiger partial charge is 0.408 e. The number of para-hydroxylation sites is 2. The fraction of sp³-hybridized carbons (Fsp3) is 0.175. The number of nitrogens with one attached hydrogen (secondary N) is 4. The normalized spacial score (nSPS) is 12.1. The SMILES string of the molecule is CC(NC(=O)N(Cc1ccc(C(=O)NC[C@H](NC(=O)OCc2ccccc2)C(=O)O)cc1)Cc1nc2ccccc2[nH]1)c1cccc2ccccc12. The Morgan fingerprint density at radius 2 is 1.50 bits per heavy atom. The highest BCUT2D eigenvalue weighted by molar-refractivity contribution is 5.94. The molecule has 4 amide bonds. The maximum absolute atomic E-state index is 13.9. The number of ether oxygens (including phenoxy) is 1. The van der Waals surface area contributed by atoms with Crippen molar-refractivity contribution in [1.82, 2.24) is 30.8 Å². The van der Waals surface area contributed by atoms with E-state index in [9.17, 15) is 24.3 Å². The van der Waals surface area contributed by atoms with Crippen LogP contribution in [0.15, 0.2) is 121 Å². The molecule has 0 bridgehead atoms. The van der Waals surface area contributed by atoms with E-state index in [1.807, 2.05) is 79.7 Å². The van der Waals surface area contributed by atoms with Gasteiger partial charge in [0.25, 0.3) is 5.91 Å². The van der Waals surface area contributed by atoms with Gasteiger partial charge in [0.2, 0.25) is 0 Å². The fourth-order valence-electron chi connectivity index (χ4n) is 5.83. The van der Waals surface area contributed by atoms with Crippen molar-refractivity contribution in [3.05, 3.63) is 149 Å². The number of aromatic amines is 1. The van der Waals surface area contributed by atoms with Gasteiger partial charge in [-0.15, -0.1) is 0 Å². The van der Waals surface area contributed by atoms with Crippen molar-refractivity contribution in [2.75, 3.05) is 6.54 Å². The number of hydrogen-bond acceptors (Lipinski definition) is 6. The first kappa shape index (κ1) is 35.1. The molecular weight excluding hydrogens is 660 g/mol. The molecule has 2 atom stereocenters. The van der Waals surface area contributed by atoms with Crippen LogP contribution in [0.5, 0.6) is 0 Å². The minimum atomic E-state index is -1.41. The topological polar surface area (TPSA) is 166 Å². The minimum Gasteiger partial charge on any atom is -0.480 e. The molecule has 1 heterocycles. The number of urea groups is 1. The maximum Gasteiger partial charge on any atom is 0.408 e. The molecule has 12 nitrogen and oxygen atoms in total. The molecule has 0 saturated carbocycles. The van der Waals surface area contributed by atoms with Crippen molar-refractivity contribution in [2.24, 2.45) is 0 Å². The highest BCUT2D eigenvalue weighted by Crippen LogP contribution is 2.25. The van der Waals surface area contributed by atoms with E-state index >= 15 is 0 Å². The quantitative estimate of drug-likeness (QED) is 0.0945. The molecule has 0 fully saturated rings. The van der Waals surface area contributed by atoms with Crippen LogP contribution in [-0.4, -0.2) is 56.6 Å². The van der Waals surface area contributed by atoms with E-state index in [4.69, 9.17) is 4.74 Å². The average molecular weight is 699 g/mol. The van der Waals surface area contributed by atoms with Crippen LogP contribution in [0, 0.1) is 0 Å². The summed E-state index contributed by atoms with van der Waals surface area (Å²) in [6.45, 7) is 1.96. The zero-order valence-electron chi connectivity index (χ0n) is 28.4. The summed E-state index contributed by atoms with van der Waals surface area (Å²) in [5.74, 6) is -1.24. The first-order chi connectivity index (χ1) is 25.2. The van der Waals surface area contributed by atoms with Gasteiger partial charge in [0.05, 0.1) is 23.6 Å². The predicted molar refractivity (Wildman–Crippen MR) is 196 cm³/mol. The van der Waals surface area contributed by atoms with Gasteiger partial charge in [-0.1, -0.05) is 97.1 Å². The number of fused-ring (bicyclic) bond motifs is 2. The van der Waals surface area contributed by atoms with Gasteiger partial charge >= 0.3 is 18.1 Å². The lowest BCUT2D eigenvalue weighted by Crippen LogP contribution is -2.48. The van der Waals surface area contributed by atoms with E-state index in [1.165, 1.54) is 0 Å². The summed E-state index contributed by atoms with van der Waals surface area (Å²) in [6.07, 6.45) is -0.919. The lowest BCUT2D eigenvalue weighted by atomic mass is 10.00. The number of aliphatic carboxylic acids is 1. The van der Waals surface area contributed by atoms with Crippen molar-refractivity contribution >= 4 is 45.8 Å². The van der Waals surface area contributed by atoms with E-state index < -0.39 is 24.0 Å². The predicted octanol–water partition coefficient (Wildman–Crippen LogP) is 6.30. The summed E-state index contributed by atoms with van der Waals surface area (Å²) in [5, 5.41) is 19.7. The number of alkyl carbamates (subject to hydrolysis) is 1. The van der Waals surface area contributed by atoms with Gasteiger partial charge in [-0.25, -0.2) is 19.4 Å². The summed E-state index contributed by atoms with van der Waals surface area (Å²) >= 11 is 0. The van der Waals surface area contributed by atoms with Crippen molar-refractivity contribution < 1.29 is 29.0 Å². The highest BCUT2D eigenvalue weighted by atomic mass is 16.5. The van der Waals surface area contributed by atoms with Crippen molar-refractivity contribution in [3.8, 4) is 0 Å². The number of H-pyrrole nitrogens is 1. The molecule has 12 heteroatoms. The molecule has 1 aromatic heterocycles. The second-order valence-electron chi connectivity index (χ2n) is 12.3. The number of carboxylic acid groups (broad SMARTS) is 1. The minimum absolute atomic E-state index is 0.0294. The first-order valence-corrected chi connectivity index (χ1v) is 16.8. The number of rotatable bonds is 13. The lowest BCUT2D eigenvalue weighted by Gasteiger charge is -2.25. The van der Waals surface area contributed by atoms with Crippen LogP contribution >= 0.6 is 0 Å². The molecule has 264 valence electrons.